The molecule has 0 aromatic heterocycles. The van der Waals surface area contributed by atoms with Crippen molar-refractivity contribution in [3.8, 4) is 0 Å². The molecule has 0 radical (unpaired) electrons. The number of anilines is 1. The fourth-order valence-electron chi connectivity index (χ4n) is 3.99. The molecule has 4 rings (SSSR count). The standard InChI is InChI=1S/C25H27N3O4S/c1-18(20-6-4-3-5-7-20)28(30)25(29)26-23-10-12-24(13-11-23)33(31,32)17-19-8-9-21-15-27(2)16-22(21)14-19/h3-14,18,30H,15-17H2,1-2H3,(H,26,29). The van der Waals surface area contributed by atoms with Gasteiger partial charge >= 0.3 is 6.03 Å². The first-order chi connectivity index (χ1) is 15.7. The normalized spacial score (nSPS) is 14.5. The molecule has 7 nitrogen and oxygen atoms in total. The zero-order chi connectivity index (χ0) is 23.6. The summed E-state index contributed by atoms with van der Waals surface area (Å²) in [6, 6.07) is 19.7. The highest BCUT2D eigenvalue weighted by Crippen LogP contribution is 2.25. The van der Waals surface area contributed by atoms with Crippen molar-refractivity contribution in [2.45, 2.75) is 36.7 Å². The Labute approximate surface area is 194 Å². The molecule has 172 valence electrons. The van der Waals surface area contributed by atoms with Gasteiger partial charge in [-0.1, -0.05) is 48.5 Å². The number of sulfone groups is 1. The number of amides is 2. The molecule has 3 aromatic carbocycles. The zero-order valence-corrected chi connectivity index (χ0v) is 19.4. The van der Waals surface area contributed by atoms with E-state index in [1.807, 2.05) is 55.6 Å². The molecule has 0 fully saturated rings. The number of nitrogens with one attached hydrogen (secondary N) is 1. The quantitative estimate of drug-likeness (QED) is 0.411. The molecular weight excluding hydrogens is 438 g/mol. The van der Waals surface area contributed by atoms with E-state index in [-0.39, 0.29) is 10.6 Å². The second-order valence-corrected chi connectivity index (χ2v) is 10.4. The molecule has 0 spiro atoms. The Hall–Kier alpha value is -3.20. The Balaban J connectivity index is 1.41. The van der Waals surface area contributed by atoms with Crippen LogP contribution < -0.4 is 5.32 Å². The maximum Gasteiger partial charge on any atom is 0.346 e. The van der Waals surface area contributed by atoms with E-state index in [0.29, 0.717) is 10.8 Å². The molecule has 0 aliphatic carbocycles. The molecule has 2 N–H and O–H groups in total. The second kappa shape index (κ2) is 9.35. The largest absolute Gasteiger partial charge is 0.346 e. The van der Waals surface area contributed by atoms with Crippen molar-refractivity contribution in [1.82, 2.24) is 9.96 Å². The summed E-state index contributed by atoms with van der Waals surface area (Å²) in [6.07, 6.45) is 0. The van der Waals surface area contributed by atoms with Crippen LogP contribution in [0.2, 0.25) is 0 Å². The predicted octanol–water partition coefficient (Wildman–Crippen LogP) is 4.59. The van der Waals surface area contributed by atoms with E-state index in [4.69, 9.17) is 0 Å². The summed E-state index contributed by atoms with van der Waals surface area (Å²) in [5, 5.41) is 13.5. The summed E-state index contributed by atoms with van der Waals surface area (Å²) in [5.41, 5.74) is 4.33. The van der Waals surface area contributed by atoms with Gasteiger partial charge in [-0.05, 0) is 60.5 Å². The van der Waals surface area contributed by atoms with Crippen molar-refractivity contribution in [2.75, 3.05) is 12.4 Å². The second-order valence-electron chi connectivity index (χ2n) is 8.42. The van der Waals surface area contributed by atoms with E-state index in [2.05, 4.69) is 10.2 Å². The van der Waals surface area contributed by atoms with Gasteiger partial charge in [-0.15, -0.1) is 0 Å². The van der Waals surface area contributed by atoms with Crippen molar-refractivity contribution in [3.63, 3.8) is 0 Å². The van der Waals surface area contributed by atoms with Gasteiger partial charge in [0.1, 0.15) is 0 Å². The Morgan fingerprint density at radius 1 is 1.03 bits per heavy atom. The predicted molar refractivity (Wildman–Crippen MR) is 126 cm³/mol. The lowest BCUT2D eigenvalue weighted by Crippen LogP contribution is -2.34. The number of hydrogen-bond acceptors (Lipinski definition) is 5. The molecule has 1 aliphatic heterocycles. The number of carbonyl (C=O) groups is 1. The van der Waals surface area contributed by atoms with Gasteiger partial charge < -0.3 is 5.32 Å². The van der Waals surface area contributed by atoms with Crippen LogP contribution >= 0.6 is 0 Å². The Kier molecular flexibility index (Phi) is 6.51. The number of benzene rings is 3. The molecule has 3 aromatic rings. The third-order valence-corrected chi connectivity index (χ3v) is 7.53. The first-order valence-electron chi connectivity index (χ1n) is 10.7. The topological polar surface area (TPSA) is 90.0 Å². The highest BCUT2D eigenvalue weighted by molar-refractivity contribution is 7.90. The summed E-state index contributed by atoms with van der Waals surface area (Å²) < 4.78 is 25.8. The molecule has 0 saturated carbocycles. The lowest BCUT2D eigenvalue weighted by Gasteiger charge is -2.23. The number of nitrogens with zero attached hydrogens (tertiary/aromatic N) is 2. The molecule has 1 aliphatic rings. The first-order valence-corrected chi connectivity index (χ1v) is 12.3. The fourth-order valence-corrected chi connectivity index (χ4v) is 5.32. The van der Waals surface area contributed by atoms with E-state index in [0.717, 1.165) is 24.2 Å². The van der Waals surface area contributed by atoms with Crippen LogP contribution in [0.3, 0.4) is 0 Å². The molecule has 1 heterocycles. The number of carbonyl (C=O) groups excluding carboxylic acids is 1. The Morgan fingerprint density at radius 2 is 1.70 bits per heavy atom. The summed E-state index contributed by atoms with van der Waals surface area (Å²) >= 11 is 0. The smallest absolute Gasteiger partial charge is 0.306 e. The van der Waals surface area contributed by atoms with E-state index in [9.17, 15) is 18.4 Å². The minimum absolute atomic E-state index is 0.0886. The third kappa shape index (κ3) is 5.24. The molecule has 33 heavy (non-hydrogen) atoms. The van der Waals surface area contributed by atoms with Gasteiger partial charge in [0.25, 0.3) is 0 Å². The minimum atomic E-state index is -3.54. The number of hydroxylamine groups is 2. The van der Waals surface area contributed by atoms with Gasteiger partial charge in [0.2, 0.25) is 0 Å². The number of fused-ring (bicyclic) bond motifs is 1. The van der Waals surface area contributed by atoms with Gasteiger partial charge in [0.15, 0.2) is 9.84 Å². The van der Waals surface area contributed by atoms with Gasteiger partial charge in [-0.3, -0.25) is 10.1 Å². The highest BCUT2D eigenvalue weighted by atomic mass is 32.2. The molecule has 0 saturated heterocycles. The van der Waals surface area contributed by atoms with Crippen LogP contribution in [0.1, 0.15) is 35.2 Å². The molecule has 1 atom stereocenters. The molecular formula is C25H27N3O4S. The van der Waals surface area contributed by atoms with Crippen LogP contribution in [0.15, 0.2) is 77.7 Å². The van der Waals surface area contributed by atoms with Crippen LogP contribution in [0.4, 0.5) is 10.5 Å². The van der Waals surface area contributed by atoms with E-state index in [1.165, 1.54) is 35.4 Å². The van der Waals surface area contributed by atoms with Crippen LogP contribution in [0, 0.1) is 0 Å². The summed E-state index contributed by atoms with van der Waals surface area (Å²) in [6.45, 7) is 3.41. The molecule has 8 heteroatoms. The van der Waals surface area contributed by atoms with Crippen molar-refractivity contribution in [3.05, 3.63) is 95.1 Å². The monoisotopic (exact) mass is 465 g/mol. The Bertz CT molecular complexity index is 1240. The first kappa shape index (κ1) is 23.0. The highest BCUT2D eigenvalue weighted by Gasteiger charge is 2.21. The van der Waals surface area contributed by atoms with Gasteiger partial charge in [-0.25, -0.2) is 13.2 Å². The molecule has 0 bridgehead atoms. The number of hydrogen-bond donors (Lipinski definition) is 2. The average molecular weight is 466 g/mol. The maximum atomic E-state index is 12.9. The number of urea groups is 1. The average Bonchev–Trinajstić information content (AvgIpc) is 3.18. The SMILES string of the molecule is CC(c1ccccc1)N(O)C(=O)Nc1ccc(S(=O)(=O)Cc2ccc3c(c2)CN(C)C3)cc1. The van der Waals surface area contributed by atoms with E-state index >= 15 is 0 Å². The van der Waals surface area contributed by atoms with E-state index < -0.39 is 21.9 Å². The third-order valence-electron chi connectivity index (χ3n) is 5.83. The summed E-state index contributed by atoms with van der Waals surface area (Å²) in [7, 11) is -1.50. The lowest BCUT2D eigenvalue weighted by atomic mass is 10.1. The van der Waals surface area contributed by atoms with Crippen molar-refractivity contribution in [1.29, 1.82) is 0 Å². The van der Waals surface area contributed by atoms with Gasteiger partial charge in [-0.2, -0.15) is 5.06 Å². The van der Waals surface area contributed by atoms with Gasteiger partial charge in [0.05, 0.1) is 16.7 Å². The van der Waals surface area contributed by atoms with Crippen LogP contribution in [-0.4, -0.2) is 36.7 Å². The minimum Gasteiger partial charge on any atom is -0.306 e. The molecule has 1 unspecified atom stereocenters. The van der Waals surface area contributed by atoms with Crippen LogP contribution in [0.25, 0.3) is 0 Å². The van der Waals surface area contributed by atoms with E-state index in [1.54, 1.807) is 6.92 Å². The van der Waals surface area contributed by atoms with Crippen molar-refractivity contribution < 1.29 is 18.4 Å². The van der Waals surface area contributed by atoms with Gasteiger partial charge in [0, 0.05) is 18.8 Å². The summed E-state index contributed by atoms with van der Waals surface area (Å²) in [5.74, 6) is -0.0886. The van der Waals surface area contributed by atoms with Crippen molar-refractivity contribution >= 4 is 21.6 Å². The lowest BCUT2D eigenvalue weighted by molar-refractivity contribution is -0.0690. The van der Waals surface area contributed by atoms with Crippen molar-refractivity contribution in [2.24, 2.45) is 0 Å². The summed E-state index contributed by atoms with van der Waals surface area (Å²) in [4.78, 5) is 14.8. The maximum absolute atomic E-state index is 12.9. The Morgan fingerprint density at radius 3 is 2.39 bits per heavy atom. The number of rotatable bonds is 6. The van der Waals surface area contributed by atoms with Crippen LogP contribution in [-0.2, 0) is 28.7 Å². The van der Waals surface area contributed by atoms with Crippen LogP contribution in [0.5, 0.6) is 0 Å². The fraction of sp³-hybridized carbons (Fsp3) is 0.240. The molecule has 2 amide bonds. The zero-order valence-electron chi connectivity index (χ0n) is 18.6.